The number of nitrogens with zero attached hydrogens (tertiary/aromatic N) is 3. The van der Waals surface area contributed by atoms with Gasteiger partial charge in [-0.25, -0.2) is 0 Å². The van der Waals surface area contributed by atoms with Crippen molar-refractivity contribution in [3.63, 3.8) is 0 Å². The van der Waals surface area contributed by atoms with E-state index in [1.165, 1.54) is 6.08 Å². The van der Waals surface area contributed by atoms with Gasteiger partial charge in [-0.1, -0.05) is 30.3 Å². The molecule has 1 rings (SSSR count). The molecule has 0 atom stereocenters. The highest BCUT2D eigenvalue weighted by molar-refractivity contribution is 5.72. The van der Waals surface area contributed by atoms with Crippen LogP contribution in [0.3, 0.4) is 0 Å². The molecule has 0 fully saturated rings. The van der Waals surface area contributed by atoms with Crippen LogP contribution in [0.15, 0.2) is 54.3 Å². The van der Waals surface area contributed by atoms with Crippen molar-refractivity contribution in [1.29, 1.82) is 10.5 Å². The molecule has 0 aliphatic rings. The standard InChI is InChI=1S/C18H19N3O2/c1-2-21(10-6-9-17(14-19)15-20)11-12-23-18(22)13-16-7-4-3-5-8-16/h3-10H,2,11-13H2,1H3/b10-6+. The van der Waals surface area contributed by atoms with E-state index in [4.69, 9.17) is 15.3 Å². The minimum Gasteiger partial charge on any atom is -0.464 e. The number of allylic oxidation sites excluding steroid dienone is 3. The van der Waals surface area contributed by atoms with Crippen LogP contribution in [-0.2, 0) is 16.0 Å². The predicted molar refractivity (Wildman–Crippen MR) is 86.8 cm³/mol. The molecule has 1 aromatic carbocycles. The van der Waals surface area contributed by atoms with Crippen LogP contribution in [0.4, 0.5) is 0 Å². The Kier molecular flexibility index (Phi) is 8.33. The van der Waals surface area contributed by atoms with Crippen LogP contribution in [0.1, 0.15) is 12.5 Å². The molecule has 0 bridgehead atoms. The van der Waals surface area contributed by atoms with Gasteiger partial charge >= 0.3 is 5.97 Å². The van der Waals surface area contributed by atoms with Crippen LogP contribution in [0.5, 0.6) is 0 Å². The predicted octanol–water partition coefficient (Wildman–Crippen LogP) is 2.58. The molecule has 0 aromatic heterocycles. The molecule has 0 radical (unpaired) electrons. The van der Waals surface area contributed by atoms with E-state index in [0.717, 1.165) is 12.1 Å². The molecule has 0 saturated carbocycles. The number of likely N-dealkylation sites (N-methyl/N-ethyl adjacent to an activating group) is 1. The highest BCUT2D eigenvalue weighted by Crippen LogP contribution is 2.01. The normalized spacial score (nSPS) is 9.70. The van der Waals surface area contributed by atoms with Crippen LogP contribution in [0.25, 0.3) is 0 Å². The number of hydrogen-bond donors (Lipinski definition) is 0. The molecule has 0 aliphatic heterocycles. The summed E-state index contributed by atoms with van der Waals surface area (Å²) in [7, 11) is 0. The molecule has 0 amide bonds. The first-order valence-corrected chi connectivity index (χ1v) is 7.32. The van der Waals surface area contributed by atoms with E-state index in [2.05, 4.69) is 0 Å². The van der Waals surface area contributed by atoms with E-state index >= 15 is 0 Å². The summed E-state index contributed by atoms with van der Waals surface area (Å²) in [4.78, 5) is 13.7. The first-order valence-electron chi connectivity index (χ1n) is 7.32. The molecule has 5 nitrogen and oxygen atoms in total. The van der Waals surface area contributed by atoms with Crippen LogP contribution in [-0.4, -0.2) is 30.6 Å². The van der Waals surface area contributed by atoms with E-state index in [1.54, 1.807) is 24.4 Å². The maximum atomic E-state index is 11.7. The van der Waals surface area contributed by atoms with Crippen molar-refractivity contribution in [3.05, 3.63) is 59.8 Å². The first kappa shape index (κ1) is 18.0. The third-order valence-corrected chi connectivity index (χ3v) is 3.04. The SMILES string of the molecule is CCN(/C=C/C=C(C#N)C#N)CCOC(=O)Cc1ccccc1. The summed E-state index contributed by atoms with van der Waals surface area (Å²) in [5.74, 6) is -0.257. The van der Waals surface area contributed by atoms with Gasteiger partial charge in [0.25, 0.3) is 0 Å². The summed E-state index contributed by atoms with van der Waals surface area (Å²) in [6.07, 6.45) is 5.11. The summed E-state index contributed by atoms with van der Waals surface area (Å²) in [5, 5.41) is 17.3. The third-order valence-electron chi connectivity index (χ3n) is 3.04. The van der Waals surface area contributed by atoms with Gasteiger partial charge in [0.05, 0.1) is 13.0 Å². The number of nitriles is 2. The summed E-state index contributed by atoms with van der Waals surface area (Å²) in [5.41, 5.74) is 0.974. The van der Waals surface area contributed by atoms with Gasteiger partial charge in [-0.3, -0.25) is 4.79 Å². The second-order valence-corrected chi connectivity index (χ2v) is 4.66. The van der Waals surface area contributed by atoms with Gasteiger partial charge < -0.3 is 9.64 Å². The Morgan fingerprint density at radius 1 is 1.26 bits per heavy atom. The molecular weight excluding hydrogens is 290 g/mol. The molecule has 5 heteroatoms. The lowest BCUT2D eigenvalue weighted by molar-refractivity contribution is -0.143. The summed E-state index contributed by atoms with van der Waals surface area (Å²) >= 11 is 0. The summed E-state index contributed by atoms with van der Waals surface area (Å²) < 4.78 is 5.21. The Balaban J connectivity index is 2.36. The Labute approximate surface area is 136 Å². The smallest absolute Gasteiger partial charge is 0.310 e. The van der Waals surface area contributed by atoms with Crippen LogP contribution < -0.4 is 0 Å². The monoisotopic (exact) mass is 309 g/mol. The molecule has 0 aliphatic carbocycles. The summed E-state index contributed by atoms with van der Waals surface area (Å²) in [6, 6.07) is 13.0. The average Bonchev–Trinajstić information content (AvgIpc) is 2.58. The van der Waals surface area contributed by atoms with Crippen molar-refractivity contribution in [2.75, 3.05) is 19.7 Å². The second kappa shape index (κ2) is 10.6. The number of esters is 1. The van der Waals surface area contributed by atoms with Crippen molar-refractivity contribution in [1.82, 2.24) is 4.90 Å². The number of carbonyl (C=O) groups excluding carboxylic acids is 1. The van der Waals surface area contributed by atoms with E-state index in [9.17, 15) is 4.79 Å². The van der Waals surface area contributed by atoms with Gasteiger partial charge in [-0.2, -0.15) is 10.5 Å². The molecular formula is C18H19N3O2. The minimum atomic E-state index is -0.257. The van der Waals surface area contributed by atoms with Crippen molar-refractivity contribution in [3.8, 4) is 12.1 Å². The van der Waals surface area contributed by atoms with E-state index in [1.807, 2.05) is 42.2 Å². The van der Waals surface area contributed by atoms with Crippen molar-refractivity contribution < 1.29 is 9.53 Å². The quantitative estimate of drug-likeness (QED) is 0.419. The van der Waals surface area contributed by atoms with Crippen molar-refractivity contribution in [2.45, 2.75) is 13.3 Å². The Morgan fingerprint density at radius 2 is 1.96 bits per heavy atom. The van der Waals surface area contributed by atoms with E-state index in [0.29, 0.717) is 6.54 Å². The van der Waals surface area contributed by atoms with Gasteiger partial charge in [0, 0.05) is 6.54 Å². The largest absolute Gasteiger partial charge is 0.464 e. The van der Waals surface area contributed by atoms with Gasteiger partial charge in [-0.05, 0) is 30.8 Å². The van der Waals surface area contributed by atoms with E-state index < -0.39 is 0 Å². The minimum absolute atomic E-state index is 0.0478. The highest BCUT2D eigenvalue weighted by atomic mass is 16.5. The lowest BCUT2D eigenvalue weighted by Crippen LogP contribution is -2.23. The lowest BCUT2D eigenvalue weighted by atomic mass is 10.2. The van der Waals surface area contributed by atoms with Gasteiger partial charge in [0.2, 0.25) is 0 Å². The Bertz CT molecular complexity index is 620. The van der Waals surface area contributed by atoms with Gasteiger partial charge in [0.15, 0.2) is 0 Å². The van der Waals surface area contributed by atoms with E-state index in [-0.39, 0.29) is 24.6 Å². The summed E-state index contributed by atoms with van der Waals surface area (Å²) in [6.45, 7) is 3.54. The van der Waals surface area contributed by atoms with Crippen LogP contribution in [0.2, 0.25) is 0 Å². The topological polar surface area (TPSA) is 77.1 Å². The molecule has 118 valence electrons. The molecule has 0 saturated heterocycles. The maximum absolute atomic E-state index is 11.7. The third kappa shape index (κ3) is 7.50. The molecule has 0 heterocycles. The number of hydrogen-bond acceptors (Lipinski definition) is 5. The zero-order valence-corrected chi connectivity index (χ0v) is 13.1. The molecule has 0 N–H and O–H groups in total. The second-order valence-electron chi connectivity index (χ2n) is 4.66. The van der Waals surface area contributed by atoms with Gasteiger partial charge in [0.1, 0.15) is 24.3 Å². The Hall–Kier alpha value is -3.05. The van der Waals surface area contributed by atoms with Gasteiger partial charge in [-0.15, -0.1) is 0 Å². The maximum Gasteiger partial charge on any atom is 0.310 e. The number of benzene rings is 1. The fourth-order valence-corrected chi connectivity index (χ4v) is 1.79. The molecule has 23 heavy (non-hydrogen) atoms. The number of carbonyl (C=O) groups is 1. The van der Waals surface area contributed by atoms with Crippen molar-refractivity contribution >= 4 is 5.97 Å². The molecule has 0 unspecified atom stereocenters. The average molecular weight is 309 g/mol. The van der Waals surface area contributed by atoms with Crippen LogP contribution in [0, 0.1) is 22.7 Å². The van der Waals surface area contributed by atoms with Crippen LogP contribution >= 0.6 is 0 Å². The fraction of sp³-hybridized carbons (Fsp3) is 0.278. The molecule has 1 aromatic rings. The Morgan fingerprint density at radius 3 is 2.57 bits per heavy atom. The number of rotatable bonds is 8. The first-order chi connectivity index (χ1) is 11.2. The zero-order chi connectivity index (χ0) is 16.9. The highest BCUT2D eigenvalue weighted by Gasteiger charge is 2.05. The zero-order valence-electron chi connectivity index (χ0n) is 13.1. The number of ether oxygens (including phenoxy) is 1. The fourth-order valence-electron chi connectivity index (χ4n) is 1.79. The van der Waals surface area contributed by atoms with Crippen molar-refractivity contribution in [2.24, 2.45) is 0 Å². The molecule has 0 spiro atoms. The lowest BCUT2D eigenvalue weighted by Gasteiger charge is -2.17.